The van der Waals surface area contributed by atoms with E-state index in [0.29, 0.717) is 28.4 Å². The van der Waals surface area contributed by atoms with Crippen LogP contribution in [0.5, 0.6) is 0 Å². The summed E-state index contributed by atoms with van der Waals surface area (Å²) >= 11 is 2.57. The second kappa shape index (κ2) is 8.72. The highest BCUT2D eigenvalue weighted by atomic mass is 32.2. The highest BCUT2D eigenvalue weighted by molar-refractivity contribution is 8.00. The Labute approximate surface area is 192 Å². The molecule has 0 aliphatic heterocycles. The lowest BCUT2D eigenvalue weighted by Crippen LogP contribution is -2.00. The van der Waals surface area contributed by atoms with E-state index in [4.69, 9.17) is 0 Å². The van der Waals surface area contributed by atoms with Gasteiger partial charge in [-0.25, -0.2) is 13.6 Å². The summed E-state index contributed by atoms with van der Waals surface area (Å²) in [6, 6.07) is 15.8. The number of benzene rings is 2. The van der Waals surface area contributed by atoms with E-state index in [2.05, 4.69) is 14.1 Å². The fraction of sp³-hybridized carbons (Fsp3) is 0.125. The van der Waals surface area contributed by atoms with Gasteiger partial charge in [-0.15, -0.1) is 0 Å². The van der Waals surface area contributed by atoms with Gasteiger partial charge in [-0.3, -0.25) is 4.98 Å². The normalized spacial score (nSPS) is 13.2. The SMILES string of the molecule is O=C(O)c1ccc(C2CC2)c(SNc2cc(-c3ccns3)c(F)cc2-c2ccccn2)c1. The van der Waals surface area contributed by atoms with Crippen LogP contribution >= 0.6 is 23.5 Å². The minimum absolute atomic E-state index is 0.244. The van der Waals surface area contributed by atoms with Gasteiger partial charge in [-0.2, -0.15) is 0 Å². The number of hydrogen-bond acceptors (Lipinski definition) is 6. The predicted molar refractivity (Wildman–Crippen MR) is 126 cm³/mol. The van der Waals surface area contributed by atoms with E-state index in [1.807, 2.05) is 24.3 Å². The summed E-state index contributed by atoms with van der Waals surface area (Å²) in [6.07, 6.45) is 5.52. The van der Waals surface area contributed by atoms with Crippen molar-refractivity contribution in [1.82, 2.24) is 9.36 Å². The molecule has 0 amide bonds. The molecular formula is C24H18FN3O2S2. The number of aromatic nitrogens is 2. The van der Waals surface area contributed by atoms with Gasteiger partial charge in [0.05, 0.1) is 21.8 Å². The van der Waals surface area contributed by atoms with Crippen molar-refractivity contribution < 1.29 is 14.3 Å². The molecule has 2 heterocycles. The quantitative estimate of drug-likeness (QED) is 0.297. The molecule has 4 aromatic rings. The van der Waals surface area contributed by atoms with Crippen LogP contribution in [0.25, 0.3) is 21.7 Å². The van der Waals surface area contributed by atoms with Crippen molar-refractivity contribution in [2.75, 3.05) is 4.72 Å². The maximum absolute atomic E-state index is 15.0. The van der Waals surface area contributed by atoms with Crippen molar-refractivity contribution in [2.24, 2.45) is 0 Å². The highest BCUT2D eigenvalue weighted by Crippen LogP contribution is 2.45. The molecule has 0 atom stereocenters. The van der Waals surface area contributed by atoms with Gasteiger partial charge in [0.1, 0.15) is 5.82 Å². The Bertz CT molecular complexity index is 1280. The fourth-order valence-corrected chi connectivity index (χ4v) is 5.07. The van der Waals surface area contributed by atoms with E-state index in [-0.39, 0.29) is 11.4 Å². The minimum Gasteiger partial charge on any atom is -0.478 e. The molecule has 1 aliphatic carbocycles. The molecule has 0 spiro atoms. The number of rotatable bonds is 7. The smallest absolute Gasteiger partial charge is 0.335 e. The number of aromatic carboxylic acids is 1. The van der Waals surface area contributed by atoms with E-state index < -0.39 is 5.97 Å². The Morgan fingerprint density at radius 1 is 1.09 bits per heavy atom. The third-order valence-corrected chi connectivity index (χ3v) is 6.98. The summed E-state index contributed by atoms with van der Waals surface area (Å²) in [4.78, 5) is 17.5. The van der Waals surface area contributed by atoms with Crippen LogP contribution in [0.4, 0.5) is 10.1 Å². The van der Waals surface area contributed by atoms with Gasteiger partial charge in [0, 0.05) is 28.4 Å². The molecule has 0 radical (unpaired) electrons. The zero-order valence-corrected chi connectivity index (χ0v) is 18.4. The van der Waals surface area contributed by atoms with Crippen LogP contribution in [0.15, 0.2) is 71.9 Å². The summed E-state index contributed by atoms with van der Waals surface area (Å²) < 4.78 is 22.5. The number of carboxylic acid groups (broad SMARTS) is 1. The van der Waals surface area contributed by atoms with Crippen molar-refractivity contribution in [3.8, 4) is 21.7 Å². The van der Waals surface area contributed by atoms with Crippen LogP contribution in [0, 0.1) is 5.82 Å². The summed E-state index contributed by atoms with van der Waals surface area (Å²) in [5, 5.41) is 9.42. The highest BCUT2D eigenvalue weighted by Gasteiger charge is 2.27. The summed E-state index contributed by atoms with van der Waals surface area (Å²) in [6.45, 7) is 0. The molecule has 8 heteroatoms. The lowest BCUT2D eigenvalue weighted by molar-refractivity contribution is 0.0696. The van der Waals surface area contributed by atoms with Crippen LogP contribution in [-0.2, 0) is 0 Å². The lowest BCUT2D eigenvalue weighted by atomic mass is 10.0. The Balaban J connectivity index is 1.55. The third-order valence-electron chi connectivity index (χ3n) is 5.30. The average molecular weight is 464 g/mol. The number of carbonyl (C=O) groups is 1. The van der Waals surface area contributed by atoms with Crippen molar-refractivity contribution in [3.05, 3.63) is 83.9 Å². The standard InChI is InChI=1S/C24H18FN3O2S2/c25-19-12-18(20-3-1-2-9-26-20)21(13-17(19)22-8-10-27-31-22)28-32-23-11-15(24(29)30)6-7-16(23)14-4-5-14/h1-3,6-14,28H,4-5H2,(H,29,30). The molecule has 1 saturated carbocycles. The number of halogens is 1. The molecule has 2 N–H and O–H groups in total. The molecule has 0 unspecified atom stereocenters. The molecule has 5 rings (SSSR count). The fourth-order valence-electron chi connectivity index (χ4n) is 3.53. The van der Waals surface area contributed by atoms with Gasteiger partial charge in [0.2, 0.25) is 0 Å². The second-order valence-electron chi connectivity index (χ2n) is 7.51. The zero-order valence-electron chi connectivity index (χ0n) is 16.8. The monoisotopic (exact) mass is 463 g/mol. The van der Waals surface area contributed by atoms with Crippen LogP contribution in [-0.4, -0.2) is 20.4 Å². The second-order valence-corrected chi connectivity index (χ2v) is 9.19. The predicted octanol–water partition coefficient (Wildman–Crippen LogP) is 6.71. The Kier molecular flexibility index (Phi) is 5.63. The van der Waals surface area contributed by atoms with Gasteiger partial charge in [-0.05, 0) is 90.3 Å². The molecule has 160 valence electrons. The molecule has 1 fully saturated rings. The first-order valence-electron chi connectivity index (χ1n) is 10.1. The van der Waals surface area contributed by atoms with Crippen molar-refractivity contribution >= 4 is 35.1 Å². The molecule has 2 aromatic carbocycles. The minimum atomic E-state index is -0.961. The first-order valence-corrected chi connectivity index (χ1v) is 11.7. The van der Waals surface area contributed by atoms with Crippen LogP contribution in [0.1, 0.15) is 34.7 Å². The number of pyridine rings is 1. The van der Waals surface area contributed by atoms with E-state index in [9.17, 15) is 9.90 Å². The number of hydrogen-bond donors (Lipinski definition) is 2. The van der Waals surface area contributed by atoms with Crippen LogP contribution in [0.3, 0.4) is 0 Å². The molecule has 0 bridgehead atoms. The number of anilines is 1. The number of nitrogens with one attached hydrogen (secondary N) is 1. The van der Waals surface area contributed by atoms with E-state index in [0.717, 1.165) is 28.2 Å². The topological polar surface area (TPSA) is 75.1 Å². The van der Waals surface area contributed by atoms with Crippen LogP contribution < -0.4 is 4.72 Å². The van der Waals surface area contributed by atoms with Crippen molar-refractivity contribution in [3.63, 3.8) is 0 Å². The Morgan fingerprint density at radius 3 is 2.66 bits per heavy atom. The molecular weight excluding hydrogens is 445 g/mol. The molecule has 32 heavy (non-hydrogen) atoms. The Hall–Kier alpha value is -3.23. The van der Waals surface area contributed by atoms with E-state index >= 15 is 4.39 Å². The summed E-state index contributed by atoms with van der Waals surface area (Å²) in [5.41, 5.74) is 3.81. The Morgan fingerprint density at radius 2 is 1.97 bits per heavy atom. The molecule has 1 aliphatic rings. The van der Waals surface area contributed by atoms with E-state index in [1.165, 1.54) is 29.5 Å². The van der Waals surface area contributed by atoms with Gasteiger partial charge in [-0.1, -0.05) is 12.1 Å². The largest absolute Gasteiger partial charge is 0.478 e. The third kappa shape index (κ3) is 4.24. The molecule has 0 saturated heterocycles. The maximum Gasteiger partial charge on any atom is 0.335 e. The first kappa shape index (κ1) is 20.7. The summed E-state index contributed by atoms with van der Waals surface area (Å²) in [5.74, 6) is -0.854. The number of nitrogens with zero attached hydrogens (tertiary/aromatic N) is 2. The zero-order chi connectivity index (χ0) is 22.1. The van der Waals surface area contributed by atoms with Gasteiger partial charge in [0.25, 0.3) is 0 Å². The number of carboxylic acids is 1. The van der Waals surface area contributed by atoms with Gasteiger partial charge < -0.3 is 9.83 Å². The molecule has 2 aromatic heterocycles. The van der Waals surface area contributed by atoms with Gasteiger partial charge in [0.15, 0.2) is 0 Å². The van der Waals surface area contributed by atoms with Crippen molar-refractivity contribution in [2.45, 2.75) is 23.7 Å². The first-order chi connectivity index (χ1) is 15.6. The summed E-state index contributed by atoms with van der Waals surface area (Å²) in [7, 11) is 0. The van der Waals surface area contributed by atoms with Crippen molar-refractivity contribution in [1.29, 1.82) is 0 Å². The lowest BCUT2D eigenvalue weighted by Gasteiger charge is -2.15. The van der Waals surface area contributed by atoms with Crippen LogP contribution in [0.2, 0.25) is 0 Å². The van der Waals surface area contributed by atoms with E-state index in [1.54, 1.807) is 36.7 Å². The molecule has 5 nitrogen and oxygen atoms in total. The maximum atomic E-state index is 15.0. The van der Waals surface area contributed by atoms with Gasteiger partial charge >= 0.3 is 5.97 Å². The average Bonchev–Trinajstić information content (AvgIpc) is 3.52.